The third-order valence-electron chi connectivity index (χ3n) is 18.9. The first-order chi connectivity index (χ1) is 57.9. The third kappa shape index (κ3) is 14.8. The number of aliphatic hydroxyl groups is 1. The first-order valence-corrected chi connectivity index (χ1v) is 34.1. The molecule has 4 aliphatic rings. The molecule has 48 nitrogen and oxygen atoms in total. The second kappa shape index (κ2) is 31.3. The van der Waals surface area contributed by atoms with Crippen molar-refractivity contribution in [2.24, 2.45) is 0 Å². The average Bonchev–Trinajstić information content (AvgIpc) is 1.73. The van der Waals surface area contributed by atoms with Gasteiger partial charge in [-0.15, -0.1) is 0 Å². The maximum Gasteiger partial charge on any atom is 0.342 e. The van der Waals surface area contributed by atoms with Crippen LogP contribution >= 0.6 is 0 Å². The molecule has 123 heavy (non-hydrogen) atoms. The van der Waals surface area contributed by atoms with Crippen LogP contribution in [-0.2, 0) is 52.1 Å². The number of hydrogen-bond acceptors (Lipinski definition) is 48. The minimum Gasteiger partial charge on any atom is -0.504 e. The van der Waals surface area contributed by atoms with Crippen LogP contribution in [0, 0.1) is 0 Å². The molecule has 9 aromatic carbocycles. The number of phenolic OH excluding ortho intramolecular Hbond substituents is 26. The van der Waals surface area contributed by atoms with Crippen LogP contribution < -0.4 is 4.74 Å². The van der Waals surface area contributed by atoms with E-state index in [1.807, 2.05) is 0 Å². The van der Waals surface area contributed by atoms with E-state index in [0.717, 1.165) is 0 Å². The fraction of sp³-hybridized carbons (Fsp3) is 0.160. The van der Waals surface area contributed by atoms with E-state index in [2.05, 4.69) is 0 Å². The van der Waals surface area contributed by atoms with Gasteiger partial charge in [0.25, 0.3) is 0 Å². The molecule has 0 radical (unpaired) electrons. The smallest absolute Gasteiger partial charge is 0.342 e. The Morgan fingerprint density at radius 1 is 0.276 bits per heavy atom. The SMILES string of the molecule is O=C(OC1OC2COC(=O)c3cc(O)c(O)c(O)c3-c3c(cc(O)c(O)c3O)C(=O)OC2C(OC(=O)c2cc(O)c(O)c(O)c2)C1O)c1cc(O)c(Oc2c(C(=O)OC3C(OC(=O)c4cc(O)c(O)c(O)c4)OC4COC(=O)c5cc(O)c(O)c(O)c5-c5c(cc(O)c(O)c5O)C(=O)OC4C3OC(=O)c3cc(O)c(O)c(O)c3)cc(O)c(O)c2O)c(O)c1. The minimum absolute atomic E-state index is 0.137. The summed E-state index contributed by atoms with van der Waals surface area (Å²) in [4.78, 5) is 130. The van der Waals surface area contributed by atoms with Crippen molar-refractivity contribution >= 4 is 53.7 Å². The van der Waals surface area contributed by atoms with E-state index in [4.69, 9.17) is 56.8 Å². The lowest BCUT2D eigenvalue weighted by Crippen LogP contribution is -2.63. The highest BCUT2D eigenvalue weighted by Gasteiger charge is 2.57. The van der Waals surface area contributed by atoms with Gasteiger partial charge >= 0.3 is 53.7 Å². The van der Waals surface area contributed by atoms with Gasteiger partial charge in [0.2, 0.25) is 58.9 Å². The molecule has 9 aromatic rings. The van der Waals surface area contributed by atoms with Crippen molar-refractivity contribution < 1.29 is 238 Å². The van der Waals surface area contributed by atoms with E-state index >= 15 is 4.79 Å². The number of aromatic hydroxyl groups is 26. The molecule has 4 heterocycles. The van der Waals surface area contributed by atoms with Crippen LogP contribution in [0.15, 0.2) is 78.9 Å². The van der Waals surface area contributed by atoms with E-state index in [-0.39, 0.29) is 24.3 Å². The van der Waals surface area contributed by atoms with Gasteiger partial charge in [-0.2, -0.15) is 0 Å². The van der Waals surface area contributed by atoms with Crippen LogP contribution in [0.5, 0.6) is 161 Å². The average molecular weight is 1720 g/mol. The molecule has 10 unspecified atom stereocenters. The number of rotatable bonds is 12. The number of fused-ring (bicyclic) bond motifs is 8. The van der Waals surface area contributed by atoms with Gasteiger partial charge in [0.1, 0.15) is 31.0 Å². The van der Waals surface area contributed by atoms with Gasteiger partial charge < -0.3 is 195 Å². The number of benzene rings is 9. The molecule has 0 bridgehead atoms. The Morgan fingerprint density at radius 2 is 0.553 bits per heavy atom. The van der Waals surface area contributed by atoms with Crippen LogP contribution in [0.25, 0.3) is 22.3 Å². The van der Waals surface area contributed by atoms with Crippen molar-refractivity contribution in [1.29, 1.82) is 0 Å². The number of hydrogen-bond donors (Lipinski definition) is 27. The number of phenols is 26. The molecule has 2 fully saturated rings. The molecular formula is C75H54O48. The van der Waals surface area contributed by atoms with Crippen molar-refractivity contribution in [3.05, 3.63) is 129 Å². The fourth-order valence-electron chi connectivity index (χ4n) is 12.9. The Kier molecular flexibility index (Phi) is 21.3. The van der Waals surface area contributed by atoms with Crippen LogP contribution in [0.3, 0.4) is 0 Å². The molecule has 2 saturated heterocycles. The lowest BCUT2D eigenvalue weighted by molar-refractivity contribution is -0.283. The summed E-state index contributed by atoms with van der Waals surface area (Å²) in [6.07, 6.45) is -27.1. The third-order valence-corrected chi connectivity index (χ3v) is 18.9. The topological polar surface area (TPSA) is 811 Å². The first kappa shape index (κ1) is 83.6. The van der Waals surface area contributed by atoms with Gasteiger partial charge in [-0.05, 0) is 72.8 Å². The standard InChI is InChI=1S/C75H54O48/c76-25-1-16(2-26(77)44(25)89)65(103)119-62-57(102)74(114-38-14-112-69(107)20-9-31(82)47(92)52(97)40(20)42-22(71(109)117-60(38)62)11-33(84)49(94)54(42)99)122-67(105)19-7-36(87)59(37(88)8-19)116-58-24(13-35(86)51(96)56(58)101)73(111)121-64-63(120-66(104)17-3-27(78)45(90)28(79)4-17)61-39(115-75(64)123-68(106)18-5-29(80)46(91)30(81)6-18)15-113-70(108)21-10-32(83)48(93)53(98)41(21)43-23(72(110)118-61)12-34(85)50(95)55(43)100/h1-13,38-39,57,60-64,74-102H,14-15H2. The van der Waals surface area contributed by atoms with Crippen LogP contribution in [-0.4, -0.2) is 266 Å². The molecule has 0 aliphatic carbocycles. The Hall–Kier alpha value is -17.3. The molecule has 0 amide bonds. The maximum atomic E-state index is 15.3. The van der Waals surface area contributed by atoms with Crippen molar-refractivity contribution in [3.63, 3.8) is 0 Å². The van der Waals surface area contributed by atoms with Crippen molar-refractivity contribution in [3.8, 4) is 183 Å². The second-order valence-corrected chi connectivity index (χ2v) is 26.5. The molecule has 10 atom stereocenters. The van der Waals surface area contributed by atoms with Crippen molar-refractivity contribution in [2.45, 2.75) is 61.4 Å². The number of carbonyl (C=O) groups excluding carboxylic acids is 9. The normalized spacial score (nSPS) is 19.8. The quantitative estimate of drug-likeness (QED) is 0.0475. The molecule has 642 valence electrons. The summed E-state index contributed by atoms with van der Waals surface area (Å²) >= 11 is 0. The van der Waals surface area contributed by atoms with Crippen molar-refractivity contribution in [1.82, 2.24) is 0 Å². The van der Waals surface area contributed by atoms with Gasteiger partial charge in [0.15, 0.2) is 151 Å². The van der Waals surface area contributed by atoms with Crippen molar-refractivity contribution in [2.75, 3.05) is 13.2 Å². The monoisotopic (exact) mass is 1720 g/mol. The predicted molar refractivity (Wildman–Crippen MR) is 380 cm³/mol. The minimum atomic E-state index is -3.02. The number of ether oxygens (including phenoxy) is 12. The molecule has 4 aliphatic heterocycles. The van der Waals surface area contributed by atoms with E-state index < -0.39 is 362 Å². The first-order valence-electron chi connectivity index (χ1n) is 34.1. The number of cyclic esters (lactones) is 2. The highest BCUT2D eigenvalue weighted by atomic mass is 16.8. The van der Waals surface area contributed by atoms with Gasteiger partial charge in [-0.3, -0.25) is 0 Å². The Morgan fingerprint density at radius 3 is 0.919 bits per heavy atom. The lowest BCUT2D eigenvalue weighted by atomic mass is 9.92. The molecule has 27 N–H and O–H groups in total. The van der Waals surface area contributed by atoms with Crippen LogP contribution in [0.2, 0.25) is 0 Å². The lowest BCUT2D eigenvalue weighted by Gasteiger charge is -2.43. The highest BCUT2D eigenvalue weighted by Crippen LogP contribution is 2.57. The summed E-state index contributed by atoms with van der Waals surface area (Å²) in [5.74, 6) is -57.0. The summed E-state index contributed by atoms with van der Waals surface area (Å²) in [5.41, 5.74) is -15.0. The number of esters is 9. The predicted octanol–water partition coefficient (Wildman–Crippen LogP) is 2.75. The summed E-state index contributed by atoms with van der Waals surface area (Å²) < 4.78 is 67.3. The molecule has 0 spiro atoms. The summed E-state index contributed by atoms with van der Waals surface area (Å²) in [6, 6.07) is 4.65. The Bertz CT molecular complexity index is 5970. The van der Waals surface area contributed by atoms with E-state index in [0.29, 0.717) is 54.6 Å². The second-order valence-electron chi connectivity index (χ2n) is 26.5. The molecule has 13 rings (SSSR count). The molecule has 48 heteroatoms. The summed E-state index contributed by atoms with van der Waals surface area (Å²) in [5, 5.41) is 292. The van der Waals surface area contributed by atoms with E-state index in [1.165, 1.54) is 0 Å². The largest absolute Gasteiger partial charge is 0.504 e. The Balaban J connectivity index is 0.875. The maximum absolute atomic E-state index is 15.3. The van der Waals surface area contributed by atoms with E-state index in [9.17, 15) is 176 Å². The fourth-order valence-corrected chi connectivity index (χ4v) is 12.9. The van der Waals surface area contributed by atoms with E-state index in [1.54, 1.807) is 0 Å². The van der Waals surface area contributed by atoms with Crippen LogP contribution in [0.1, 0.15) is 93.2 Å². The molecule has 0 saturated carbocycles. The van der Waals surface area contributed by atoms with Gasteiger partial charge in [0.05, 0.1) is 44.5 Å². The zero-order chi connectivity index (χ0) is 89.7. The Labute approximate surface area is 676 Å². The zero-order valence-electron chi connectivity index (χ0n) is 60.3. The van der Waals surface area contributed by atoms with Gasteiger partial charge in [-0.1, -0.05) is 0 Å². The zero-order valence-corrected chi connectivity index (χ0v) is 60.3. The number of aliphatic hydroxyl groups excluding tert-OH is 1. The van der Waals surface area contributed by atoms with Gasteiger partial charge in [-0.25, -0.2) is 43.2 Å². The molecular weight excluding hydrogens is 1670 g/mol. The van der Waals surface area contributed by atoms with Crippen LogP contribution in [0.4, 0.5) is 0 Å². The summed E-state index contributed by atoms with van der Waals surface area (Å²) in [6.45, 7) is -2.88. The molecule has 0 aromatic heterocycles. The summed E-state index contributed by atoms with van der Waals surface area (Å²) in [7, 11) is 0. The highest BCUT2D eigenvalue weighted by molar-refractivity contribution is 6.10. The number of carbonyl (C=O) groups is 9. The van der Waals surface area contributed by atoms with Gasteiger partial charge in [0, 0.05) is 28.3 Å².